The Bertz CT molecular complexity index is 313. The summed E-state index contributed by atoms with van der Waals surface area (Å²) < 4.78 is 5.05. The van der Waals surface area contributed by atoms with E-state index in [2.05, 4.69) is 0 Å². The van der Waals surface area contributed by atoms with E-state index in [1.54, 1.807) is 6.07 Å². The summed E-state index contributed by atoms with van der Waals surface area (Å²) in [7, 11) is 1.49. The van der Waals surface area contributed by atoms with Crippen LogP contribution in [0.3, 0.4) is 0 Å². The molecule has 0 aromatic heterocycles. The highest BCUT2D eigenvalue weighted by atomic mass is 35.5. The van der Waals surface area contributed by atoms with E-state index >= 15 is 0 Å². The second-order valence-electron chi connectivity index (χ2n) is 2.81. The SMILES string of the molecule is COc1c(C(C)N)ccc(O)c1Cl. The molecule has 0 aliphatic carbocycles. The molecular weight excluding hydrogens is 190 g/mol. The molecular formula is C9H12ClNO2. The predicted molar refractivity (Wildman–Crippen MR) is 52.3 cm³/mol. The average Bonchev–Trinajstić information content (AvgIpc) is 2.09. The third-order valence-corrected chi connectivity index (χ3v) is 2.17. The first-order valence-electron chi connectivity index (χ1n) is 3.89. The highest BCUT2D eigenvalue weighted by molar-refractivity contribution is 6.33. The van der Waals surface area contributed by atoms with Gasteiger partial charge in [0.1, 0.15) is 16.5 Å². The van der Waals surface area contributed by atoms with Crippen molar-refractivity contribution in [2.45, 2.75) is 13.0 Å². The summed E-state index contributed by atoms with van der Waals surface area (Å²) in [5.41, 5.74) is 6.47. The molecule has 0 bridgehead atoms. The summed E-state index contributed by atoms with van der Waals surface area (Å²) in [5, 5.41) is 9.49. The Hall–Kier alpha value is -0.930. The van der Waals surface area contributed by atoms with Gasteiger partial charge in [-0.25, -0.2) is 0 Å². The normalized spacial score (nSPS) is 12.6. The summed E-state index contributed by atoms with van der Waals surface area (Å²) in [6.45, 7) is 1.82. The molecule has 3 N–H and O–H groups in total. The molecule has 0 radical (unpaired) electrons. The maximum atomic E-state index is 9.28. The third-order valence-electron chi connectivity index (χ3n) is 1.80. The number of hydrogen-bond acceptors (Lipinski definition) is 3. The number of ether oxygens (including phenoxy) is 1. The lowest BCUT2D eigenvalue weighted by molar-refractivity contribution is 0.400. The van der Waals surface area contributed by atoms with Crippen molar-refractivity contribution in [3.63, 3.8) is 0 Å². The topological polar surface area (TPSA) is 55.5 Å². The van der Waals surface area contributed by atoms with Gasteiger partial charge in [0.15, 0.2) is 0 Å². The van der Waals surface area contributed by atoms with Gasteiger partial charge in [-0.15, -0.1) is 0 Å². The van der Waals surface area contributed by atoms with Crippen LogP contribution >= 0.6 is 11.6 Å². The first-order valence-corrected chi connectivity index (χ1v) is 4.26. The number of hydrogen-bond donors (Lipinski definition) is 2. The van der Waals surface area contributed by atoms with Crippen LogP contribution in [-0.2, 0) is 0 Å². The number of phenols is 1. The fraction of sp³-hybridized carbons (Fsp3) is 0.333. The van der Waals surface area contributed by atoms with Gasteiger partial charge in [-0.05, 0) is 19.1 Å². The van der Waals surface area contributed by atoms with Crippen LogP contribution < -0.4 is 10.5 Å². The van der Waals surface area contributed by atoms with Crippen LogP contribution in [-0.4, -0.2) is 12.2 Å². The number of halogens is 1. The van der Waals surface area contributed by atoms with Gasteiger partial charge in [-0.3, -0.25) is 0 Å². The molecule has 1 unspecified atom stereocenters. The lowest BCUT2D eigenvalue weighted by atomic mass is 10.1. The van der Waals surface area contributed by atoms with E-state index in [1.807, 2.05) is 6.92 Å². The Morgan fingerprint density at radius 1 is 1.54 bits per heavy atom. The lowest BCUT2D eigenvalue weighted by Crippen LogP contribution is -2.07. The molecule has 72 valence electrons. The van der Waals surface area contributed by atoms with Gasteiger partial charge in [-0.2, -0.15) is 0 Å². The number of benzene rings is 1. The first-order chi connectivity index (χ1) is 6.07. The summed E-state index contributed by atoms with van der Waals surface area (Å²) in [6.07, 6.45) is 0. The minimum atomic E-state index is -0.173. The lowest BCUT2D eigenvalue weighted by Gasteiger charge is -2.13. The number of rotatable bonds is 2. The molecule has 1 aromatic rings. The molecule has 1 rings (SSSR count). The van der Waals surface area contributed by atoms with Crippen molar-refractivity contribution in [1.82, 2.24) is 0 Å². The Morgan fingerprint density at radius 3 is 2.62 bits per heavy atom. The van der Waals surface area contributed by atoms with Crippen molar-refractivity contribution in [2.75, 3.05) is 7.11 Å². The van der Waals surface area contributed by atoms with Crippen molar-refractivity contribution in [3.8, 4) is 11.5 Å². The van der Waals surface area contributed by atoms with Gasteiger partial charge in [-0.1, -0.05) is 11.6 Å². The van der Waals surface area contributed by atoms with Crippen molar-refractivity contribution in [3.05, 3.63) is 22.7 Å². The van der Waals surface area contributed by atoms with Crippen LogP contribution in [0.5, 0.6) is 11.5 Å². The van der Waals surface area contributed by atoms with Crippen LogP contribution in [0.4, 0.5) is 0 Å². The Labute approximate surface area is 82.1 Å². The second kappa shape index (κ2) is 3.85. The van der Waals surface area contributed by atoms with Crippen molar-refractivity contribution >= 4 is 11.6 Å². The standard InChI is InChI=1S/C9H12ClNO2/c1-5(11)6-3-4-7(12)8(10)9(6)13-2/h3-5,12H,11H2,1-2H3. The minimum absolute atomic E-state index is 0.00270. The maximum Gasteiger partial charge on any atom is 0.145 e. The Morgan fingerprint density at radius 2 is 2.15 bits per heavy atom. The number of methoxy groups -OCH3 is 1. The van der Waals surface area contributed by atoms with Gasteiger partial charge >= 0.3 is 0 Å². The predicted octanol–water partition coefficient (Wildman–Crippen LogP) is 2.07. The highest BCUT2D eigenvalue weighted by Gasteiger charge is 2.13. The zero-order valence-corrected chi connectivity index (χ0v) is 8.30. The van der Waals surface area contributed by atoms with Gasteiger partial charge in [0.2, 0.25) is 0 Å². The molecule has 0 saturated heterocycles. The van der Waals surface area contributed by atoms with Crippen molar-refractivity contribution < 1.29 is 9.84 Å². The van der Waals surface area contributed by atoms with Crippen molar-refractivity contribution in [2.24, 2.45) is 5.73 Å². The molecule has 0 aliphatic rings. The average molecular weight is 202 g/mol. The highest BCUT2D eigenvalue weighted by Crippen LogP contribution is 2.37. The summed E-state index contributed by atoms with van der Waals surface area (Å²) >= 11 is 5.81. The van der Waals surface area contributed by atoms with E-state index in [-0.39, 0.29) is 16.8 Å². The molecule has 0 heterocycles. The fourth-order valence-corrected chi connectivity index (χ4v) is 1.38. The Kier molecular flexibility index (Phi) is 3.01. The quantitative estimate of drug-likeness (QED) is 0.770. The van der Waals surface area contributed by atoms with Gasteiger partial charge in [0.25, 0.3) is 0 Å². The minimum Gasteiger partial charge on any atom is -0.506 e. The van der Waals surface area contributed by atoms with E-state index in [9.17, 15) is 5.11 Å². The van der Waals surface area contributed by atoms with Crippen LogP contribution in [0, 0.1) is 0 Å². The molecule has 3 nitrogen and oxygen atoms in total. The van der Waals surface area contributed by atoms with Crippen LogP contribution in [0.25, 0.3) is 0 Å². The fourth-order valence-electron chi connectivity index (χ4n) is 1.13. The smallest absolute Gasteiger partial charge is 0.145 e. The summed E-state index contributed by atoms with van der Waals surface area (Å²) in [5.74, 6) is 0.444. The Balaban J connectivity index is 3.30. The molecule has 0 spiro atoms. The maximum absolute atomic E-state index is 9.28. The first kappa shape index (κ1) is 10.2. The zero-order valence-electron chi connectivity index (χ0n) is 7.54. The van der Waals surface area contributed by atoms with Gasteiger partial charge in [0, 0.05) is 11.6 Å². The third kappa shape index (κ3) is 1.87. The number of aromatic hydroxyl groups is 1. The molecule has 0 aliphatic heterocycles. The monoisotopic (exact) mass is 201 g/mol. The molecule has 13 heavy (non-hydrogen) atoms. The van der Waals surface area contributed by atoms with E-state index in [0.717, 1.165) is 5.56 Å². The molecule has 0 amide bonds. The summed E-state index contributed by atoms with van der Waals surface area (Å²) in [4.78, 5) is 0. The van der Waals surface area contributed by atoms with E-state index < -0.39 is 0 Å². The molecule has 0 fully saturated rings. The van der Waals surface area contributed by atoms with Gasteiger partial charge < -0.3 is 15.6 Å². The zero-order chi connectivity index (χ0) is 10.0. The summed E-state index contributed by atoms with van der Waals surface area (Å²) in [6, 6.07) is 3.03. The van der Waals surface area contributed by atoms with E-state index in [4.69, 9.17) is 22.1 Å². The van der Waals surface area contributed by atoms with Crippen LogP contribution in [0.2, 0.25) is 5.02 Å². The largest absolute Gasteiger partial charge is 0.506 e. The number of nitrogens with two attached hydrogens (primary N) is 1. The van der Waals surface area contributed by atoms with Crippen LogP contribution in [0.1, 0.15) is 18.5 Å². The molecule has 4 heteroatoms. The second-order valence-corrected chi connectivity index (χ2v) is 3.19. The number of phenolic OH excluding ortho intramolecular Hbond substituents is 1. The molecule has 1 atom stereocenters. The van der Waals surface area contributed by atoms with Crippen LogP contribution in [0.15, 0.2) is 12.1 Å². The molecule has 0 saturated carbocycles. The van der Waals surface area contributed by atoms with E-state index in [1.165, 1.54) is 13.2 Å². The molecule has 1 aromatic carbocycles. The van der Waals surface area contributed by atoms with E-state index in [0.29, 0.717) is 5.75 Å². The van der Waals surface area contributed by atoms with Gasteiger partial charge in [0.05, 0.1) is 7.11 Å². The van der Waals surface area contributed by atoms with Crippen molar-refractivity contribution in [1.29, 1.82) is 0 Å².